The largest absolute Gasteiger partial charge is 0.333 e. The number of nitriles is 1. The first-order valence-corrected chi connectivity index (χ1v) is 10.1. The van der Waals surface area contributed by atoms with Gasteiger partial charge in [-0.15, -0.1) is 0 Å². The number of hydrogen-bond acceptors (Lipinski definition) is 4. The highest BCUT2D eigenvalue weighted by Gasteiger charge is 2.32. The predicted octanol–water partition coefficient (Wildman–Crippen LogP) is 4.68. The molecule has 3 rings (SSSR count). The van der Waals surface area contributed by atoms with E-state index in [1.165, 1.54) is 0 Å². The summed E-state index contributed by atoms with van der Waals surface area (Å²) in [6.07, 6.45) is 0. The summed E-state index contributed by atoms with van der Waals surface area (Å²) in [6, 6.07) is 27.9. The maximum atomic E-state index is 13.4. The lowest BCUT2D eigenvalue weighted by Gasteiger charge is -2.26. The highest BCUT2D eigenvalue weighted by atomic mass is 32.2. The summed E-state index contributed by atoms with van der Waals surface area (Å²) in [5, 5.41) is 10.1. The van der Waals surface area contributed by atoms with Crippen molar-refractivity contribution in [2.24, 2.45) is 0 Å². The number of nitrogens with zero attached hydrogens (tertiary/aromatic N) is 2. The number of benzene rings is 3. The Bertz CT molecular complexity index is 944. The molecule has 144 valence electrons. The highest BCUT2D eigenvalue weighted by molar-refractivity contribution is 8.05. The van der Waals surface area contributed by atoms with Gasteiger partial charge in [0.25, 0.3) is 0 Å². The van der Waals surface area contributed by atoms with E-state index in [9.17, 15) is 14.9 Å². The molecule has 0 aliphatic heterocycles. The molecule has 29 heavy (non-hydrogen) atoms. The van der Waals surface area contributed by atoms with Crippen molar-refractivity contribution >= 4 is 23.5 Å². The minimum absolute atomic E-state index is 0.353. The zero-order valence-electron chi connectivity index (χ0n) is 15.8. The summed E-state index contributed by atoms with van der Waals surface area (Å²) in [5.74, 6) is -0.716. The monoisotopic (exact) mass is 400 g/mol. The molecule has 1 unspecified atom stereocenters. The van der Waals surface area contributed by atoms with Gasteiger partial charge in [-0.3, -0.25) is 9.59 Å². The quantitative estimate of drug-likeness (QED) is 0.313. The van der Waals surface area contributed by atoms with Crippen LogP contribution in [0.15, 0.2) is 91.0 Å². The Hall–Kier alpha value is -3.36. The molecule has 0 N–H and O–H groups in total. The molecule has 3 aromatic rings. The fourth-order valence-electron chi connectivity index (χ4n) is 3.01. The Morgan fingerprint density at radius 3 is 1.69 bits per heavy atom. The number of hydrogen-bond donors (Lipinski definition) is 0. The van der Waals surface area contributed by atoms with Crippen molar-refractivity contribution in [3.8, 4) is 5.40 Å². The highest BCUT2D eigenvalue weighted by Crippen LogP contribution is 2.21. The van der Waals surface area contributed by atoms with E-state index in [2.05, 4.69) is 0 Å². The van der Waals surface area contributed by atoms with Gasteiger partial charge in [0.15, 0.2) is 11.0 Å². The van der Waals surface area contributed by atoms with Gasteiger partial charge in [-0.25, -0.2) is 0 Å². The Balaban J connectivity index is 1.89. The number of carbonyl (C=O) groups is 2. The summed E-state index contributed by atoms with van der Waals surface area (Å²) in [7, 11) is 0. The summed E-state index contributed by atoms with van der Waals surface area (Å²) < 4.78 is 0. The second-order valence-electron chi connectivity index (χ2n) is 6.48. The van der Waals surface area contributed by atoms with Gasteiger partial charge in [0, 0.05) is 18.7 Å². The maximum absolute atomic E-state index is 13.4. The fourth-order valence-corrected chi connectivity index (χ4v) is 3.61. The summed E-state index contributed by atoms with van der Waals surface area (Å²) in [5.41, 5.74) is 2.35. The lowest BCUT2D eigenvalue weighted by molar-refractivity contribution is -0.131. The Morgan fingerprint density at radius 1 is 0.793 bits per heavy atom. The third-order valence-corrected chi connectivity index (χ3v) is 5.19. The van der Waals surface area contributed by atoms with E-state index >= 15 is 0 Å². The van der Waals surface area contributed by atoms with Crippen LogP contribution in [-0.2, 0) is 17.9 Å². The molecule has 5 heteroatoms. The van der Waals surface area contributed by atoms with Gasteiger partial charge < -0.3 is 4.90 Å². The molecule has 0 aromatic heterocycles. The van der Waals surface area contributed by atoms with E-state index in [0.29, 0.717) is 30.4 Å². The first-order valence-electron chi connectivity index (χ1n) is 9.19. The van der Waals surface area contributed by atoms with Crippen molar-refractivity contribution in [2.45, 2.75) is 18.3 Å². The number of ketones is 1. The molecule has 4 nitrogen and oxygen atoms in total. The minimum atomic E-state index is -1.10. The van der Waals surface area contributed by atoms with Crippen LogP contribution < -0.4 is 0 Å². The standard InChI is InChI=1S/C24H20N2O2S/c25-18-29-23(22(27)21-14-8-3-9-15-21)24(28)26(16-19-10-4-1-5-11-19)17-20-12-6-2-7-13-20/h1-15,23H,16-17H2. The van der Waals surface area contributed by atoms with Crippen LogP contribution in [0.2, 0.25) is 0 Å². The molecule has 0 saturated heterocycles. The summed E-state index contributed by atoms with van der Waals surface area (Å²) in [4.78, 5) is 28.0. The van der Waals surface area contributed by atoms with Gasteiger partial charge in [-0.05, 0) is 22.9 Å². The lowest BCUT2D eigenvalue weighted by Crippen LogP contribution is -2.40. The predicted molar refractivity (Wildman–Crippen MR) is 115 cm³/mol. The Morgan fingerprint density at radius 2 is 1.24 bits per heavy atom. The first-order chi connectivity index (χ1) is 14.2. The molecule has 0 spiro atoms. The number of rotatable bonds is 8. The van der Waals surface area contributed by atoms with Crippen molar-refractivity contribution in [2.75, 3.05) is 0 Å². The van der Waals surface area contributed by atoms with Crippen LogP contribution in [0.1, 0.15) is 21.5 Å². The second kappa shape index (κ2) is 10.3. The molecule has 3 aromatic carbocycles. The first kappa shape index (κ1) is 20.4. The lowest BCUT2D eigenvalue weighted by atomic mass is 10.1. The fraction of sp³-hybridized carbons (Fsp3) is 0.125. The van der Waals surface area contributed by atoms with Gasteiger partial charge in [-0.1, -0.05) is 91.0 Å². The molecule has 0 saturated carbocycles. The normalized spacial score (nSPS) is 11.3. The van der Waals surface area contributed by atoms with Crippen molar-refractivity contribution in [3.05, 3.63) is 108 Å². The van der Waals surface area contributed by atoms with Gasteiger partial charge in [-0.2, -0.15) is 5.26 Å². The zero-order chi connectivity index (χ0) is 20.5. The van der Waals surface area contributed by atoms with E-state index in [-0.39, 0.29) is 11.7 Å². The molecule has 1 atom stereocenters. The van der Waals surface area contributed by atoms with E-state index in [4.69, 9.17) is 0 Å². The SMILES string of the molecule is N#CSC(C(=O)c1ccccc1)C(=O)N(Cc1ccccc1)Cc1ccccc1. The Kier molecular flexibility index (Phi) is 7.21. The molecule has 0 bridgehead atoms. The number of thioether (sulfide) groups is 1. The number of carbonyl (C=O) groups excluding carboxylic acids is 2. The van der Waals surface area contributed by atoms with Gasteiger partial charge >= 0.3 is 0 Å². The van der Waals surface area contributed by atoms with Crippen molar-refractivity contribution in [1.29, 1.82) is 5.26 Å². The molecule has 0 radical (unpaired) electrons. The summed E-state index contributed by atoms with van der Waals surface area (Å²) >= 11 is 0.702. The van der Waals surface area contributed by atoms with Gasteiger partial charge in [0.1, 0.15) is 5.40 Å². The van der Waals surface area contributed by atoms with E-state index in [1.54, 1.807) is 29.2 Å². The number of thiocyanates is 1. The van der Waals surface area contributed by atoms with Crippen LogP contribution in [0.25, 0.3) is 0 Å². The topological polar surface area (TPSA) is 61.2 Å². The van der Waals surface area contributed by atoms with Gasteiger partial charge in [0.05, 0.1) is 0 Å². The molecular weight excluding hydrogens is 380 g/mol. The molecule has 0 heterocycles. The minimum Gasteiger partial charge on any atom is -0.333 e. The van der Waals surface area contributed by atoms with E-state index in [0.717, 1.165) is 11.1 Å². The van der Waals surface area contributed by atoms with Crippen LogP contribution in [0.3, 0.4) is 0 Å². The number of amides is 1. The van der Waals surface area contributed by atoms with Crippen molar-refractivity contribution in [3.63, 3.8) is 0 Å². The smallest absolute Gasteiger partial charge is 0.245 e. The second-order valence-corrected chi connectivity index (χ2v) is 7.37. The third kappa shape index (κ3) is 5.56. The molecular formula is C24H20N2O2S. The van der Waals surface area contributed by atoms with E-state index in [1.807, 2.05) is 72.1 Å². The van der Waals surface area contributed by atoms with Crippen LogP contribution in [0.5, 0.6) is 0 Å². The molecule has 0 aliphatic rings. The van der Waals surface area contributed by atoms with Crippen molar-refractivity contribution in [1.82, 2.24) is 4.90 Å². The van der Waals surface area contributed by atoms with Crippen molar-refractivity contribution < 1.29 is 9.59 Å². The zero-order valence-corrected chi connectivity index (χ0v) is 16.6. The average Bonchev–Trinajstić information content (AvgIpc) is 2.78. The molecule has 0 fully saturated rings. The van der Waals surface area contributed by atoms with Crippen LogP contribution in [0, 0.1) is 10.7 Å². The Labute approximate surface area is 174 Å². The summed E-state index contributed by atoms with van der Waals surface area (Å²) in [6.45, 7) is 0.720. The average molecular weight is 401 g/mol. The molecule has 1 amide bonds. The van der Waals surface area contributed by atoms with Crippen LogP contribution in [-0.4, -0.2) is 21.8 Å². The van der Waals surface area contributed by atoms with Gasteiger partial charge in [0.2, 0.25) is 5.91 Å². The van der Waals surface area contributed by atoms with Crippen LogP contribution in [0.4, 0.5) is 0 Å². The third-order valence-electron chi connectivity index (χ3n) is 4.44. The molecule has 0 aliphatic carbocycles. The van der Waals surface area contributed by atoms with E-state index < -0.39 is 5.25 Å². The van der Waals surface area contributed by atoms with Crippen LogP contribution >= 0.6 is 11.8 Å². The maximum Gasteiger partial charge on any atom is 0.245 e. The number of Topliss-reactive ketones (excluding diaryl/α,β-unsaturated/α-hetero) is 1.